The first-order valence-corrected chi connectivity index (χ1v) is 7.98. The van der Waals surface area contributed by atoms with E-state index >= 15 is 0 Å². The van der Waals surface area contributed by atoms with Gasteiger partial charge in [-0.15, -0.1) is 0 Å². The van der Waals surface area contributed by atoms with Crippen molar-refractivity contribution in [2.45, 2.75) is 13.0 Å². The van der Waals surface area contributed by atoms with Crippen LogP contribution in [0.1, 0.15) is 6.92 Å². The summed E-state index contributed by atoms with van der Waals surface area (Å²) in [5.74, 6) is 0.637. The Balaban J connectivity index is 1.95. The largest absolute Gasteiger partial charge is 0.497 e. The first-order valence-electron chi connectivity index (χ1n) is 7.98. The third-order valence-electron chi connectivity index (χ3n) is 3.99. The van der Waals surface area contributed by atoms with Crippen LogP contribution >= 0.6 is 0 Å². The van der Waals surface area contributed by atoms with Crippen LogP contribution in [0.5, 0.6) is 11.5 Å². The number of methoxy groups -OCH3 is 2. The molecule has 0 amide bonds. The predicted octanol–water partition coefficient (Wildman–Crippen LogP) is 3.41. The van der Waals surface area contributed by atoms with Gasteiger partial charge < -0.3 is 18.6 Å². The van der Waals surface area contributed by atoms with Crippen molar-refractivity contribution in [3.8, 4) is 22.6 Å². The number of fused-ring (bicyclic) bond motifs is 1. The van der Waals surface area contributed by atoms with Crippen molar-refractivity contribution in [2.24, 2.45) is 0 Å². The van der Waals surface area contributed by atoms with Gasteiger partial charge in [0.05, 0.1) is 25.2 Å². The van der Waals surface area contributed by atoms with Crippen LogP contribution in [0.15, 0.2) is 57.9 Å². The first-order chi connectivity index (χ1) is 12.5. The maximum absolute atomic E-state index is 12.8. The van der Waals surface area contributed by atoms with E-state index in [0.717, 1.165) is 5.56 Å². The number of hydrogen-bond donors (Lipinski definition) is 0. The average Bonchev–Trinajstić information content (AvgIpc) is 2.67. The van der Waals surface area contributed by atoms with Crippen molar-refractivity contribution in [3.63, 3.8) is 0 Å². The molecule has 1 atom stereocenters. The fraction of sp³-hybridized carbons (Fsp3) is 0.200. The molecule has 0 N–H and O–H groups in total. The van der Waals surface area contributed by atoms with E-state index in [1.165, 1.54) is 13.4 Å². The van der Waals surface area contributed by atoms with Crippen molar-refractivity contribution < 1.29 is 23.4 Å². The van der Waals surface area contributed by atoms with E-state index in [-0.39, 0.29) is 5.43 Å². The second-order valence-electron chi connectivity index (χ2n) is 5.65. The summed E-state index contributed by atoms with van der Waals surface area (Å²) in [5, 5.41) is 0.427. The fourth-order valence-electron chi connectivity index (χ4n) is 2.57. The molecule has 3 rings (SSSR count). The Bertz CT molecular complexity index is 987. The molecular weight excluding hydrogens is 336 g/mol. The molecule has 0 aliphatic carbocycles. The smallest absolute Gasteiger partial charge is 0.346 e. The molecule has 0 spiro atoms. The highest BCUT2D eigenvalue weighted by Crippen LogP contribution is 2.25. The summed E-state index contributed by atoms with van der Waals surface area (Å²) in [4.78, 5) is 24.2. The number of hydrogen-bond acceptors (Lipinski definition) is 6. The lowest BCUT2D eigenvalue weighted by molar-refractivity contribution is -0.147. The Morgan fingerprint density at radius 3 is 2.38 bits per heavy atom. The van der Waals surface area contributed by atoms with Crippen molar-refractivity contribution in [2.75, 3.05) is 14.2 Å². The van der Waals surface area contributed by atoms with Crippen LogP contribution in [0.2, 0.25) is 0 Å². The molecule has 26 heavy (non-hydrogen) atoms. The molecule has 134 valence electrons. The van der Waals surface area contributed by atoms with Crippen molar-refractivity contribution in [1.82, 2.24) is 0 Å². The molecule has 0 aliphatic heterocycles. The average molecular weight is 354 g/mol. The lowest BCUT2D eigenvalue weighted by Crippen LogP contribution is -2.24. The highest BCUT2D eigenvalue weighted by atomic mass is 16.6. The van der Waals surface area contributed by atoms with E-state index in [0.29, 0.717) is 28.0 Å². The molecule has 6 heteroatoms. The Labute approximate surface area is 149 Å². The molecule has 0 fully saturated rings. The highest BCUT2D eigenvalue weighted by Gasteiger charge is 2.16. The Morgan fingerprint density at radius 2 is 1.73 bits per heavy atom. The normalized spacial score (nSPS) is 11.8. The number of esters is 1. The van der Waals surface area contributed by atoms with Crippen LogP contribution in [0, 0.1) is 0 Å². The van der Waals surface area contributed by atoms with E-state index in [4.69, 9.17) is 13.9 Å². The molecule has 0 saturated carbocycles. The van der Waals surface area contributed by atoms with E-state index < -0.39 is 12.1 Å². The number of benzene rings is 2. The van der Waals surface area contributed by atoms with Crippen LogP contribution < -0.4 is 14.9 Å². The SMILES string of the molecule is COC(=O)[C@@H](C)Oc1ccc2c(=O)c(-c3ccc(OC)cc3)coc2c1. The summed E-state index contributed by atoms with van der Waals surface area (Å²) < 4.78 is 20.9. The minimum absolute atomic E-state index is 0.149. The summed E-state index contributed by atoms with van der Waals surface area (Å²) in [7, 11) is 2.88. The first kappa shape index (κ1) is 17.5. The second kappa shape index (κ2) is 7.31. The summed E-state index contributed by atoms with van der Waals surface area (Å²) in [6.45, 7) is 1.58. The second-order valence-corrected chi connectivity index (χ2v) is 5.65. The molecule has 6 nitrogen and oxygen atoms in total. The Morgan fingerprint density at radius 1 is 1.04 bits per heavy atom. The van der Waals surface area contributed by atoms with Crippen molar-refractivity contribution >= 4 is 16.9 Å². The molecule has 0 bridgehead atoms. The zero-order chi connectivity index (χ0) is 18.7. The molecule has 0 radical (unpaired) electrons. The molecule has 2 aromatic carbocycles. The molecule has 0 unspecified atom stereocenters. The molecule has 3 aromatic rings. The van der Waals surface area contributed by atoms with Gasteiger partial charge in [-0.3, -0.25) is 4.79 Å². The zero-order valence-electron chi connectivity index (χ0n) is 14.6. The summed E-state index contributed by atoms with van der Waals surface area (Å²) in [6.07, 6.45) is 0.655. The van der Waals surface area contributed by atoms with E-state index in [9.17, 15) is 9.59 Å². The van der Waals surface area contributed by atoms with Crippen LogP contribution in [0.25, 0.3) is 22.1 Å². The van der Waals surface area contributed by atoms with Gasteiger partial charge in [-0.2, -0.15) is 0 Å². The van der Waals surface area contributed by atoms with Crippen LogP contribution in [0.3, 0.4) is 0 Å². The molecule has 0 saturated heterocycles. The maximum Gasteiger partial charge on any atom is 0.346 e. The minimum Gasteiger partial charge on any atom is -0.497 e. The minimum atomic E-state index is -0.761. The topological polar surface area (TPSA) is 75.0 Å². The maximum atomic E-state index is 12.8. The quantitative estimate of drug-likeness (QED) is 0.654. The fourth-order valence-corrected chi connectivity index (χ4v) is 2.57. The number of ether oxygens (including phenoxy) is 3. The van der Waals surface area contributed by atoms with Crippen LogP contribution in [-0.4, -0.2) is 26.3 Å². The van der Waals surface area contributed by atoms with Gasteiger partial charge in [-0.1, -0.05) is 12.1 Å². The molecule has 0 aliphatic rings. The number of rotatable bonds is 5. The van der Waals surface area contributed by atoms with E-state index in [1.54, 1.807) is 56.5 Å². The standard InChI is InChI=1S/C20H18O6/c1-12(20(22)24-3)26-15-8-9-16-18(10-15)25-11-17(19(16)21)13-4-6-14(23-2)7-5-13/h4-12H,1-3H3/t12-/m1/s1. The van der Waals surface area contributed by atoms with Gasteiger partial charge in [0.25, 0.3) is 0 Å². The Hall–Kier alpha value is -3.28. The lowest BCUT2D eigenvalue weighted by Gasteiger charge is -2.12. The third kappa shape index (κ3) is 3.39. The predicted molar refractivity (Wildman–Crippen MR) is 96.6 cm³/mol. The third-order valence-corrected chi connectivity index (χ3v) is 3.99. The van der Waals surface area contributed by atoms with Gasteiger partial charge in [-0.05, 0) is 36.8 Å². The van der Waals surface area contributed by atoms with Crippen molar-refractivity contribution in [1.29, 1.82) is 0 Å². The lowest BCUT2D eigenvalue weighted by atomic mass is 10.1. The molecular formula is C20H18O6. The van der Waals surface area contributed by atoms with Gasteiger partial charge in [0.2, 0.25) is 0 Å². The number of carbonyl (C=O) groups excluding carboxylic acids is 1. The van der Waals surface area contributed by atoms with Crippen LogP contribution in [0.4, 0.5) is 0 Å². The molecule has 1 heterocycles. The van der Waals surface area contributed by atoms with E-state index in [1.807, 2.05) is 0 Å². The highest BCUT2D eigenvalue weighted by molar-refractivity contribution is 5.83. The monoisotopic (exact) mass is 354 g/mol. The van der Waals surface area contributed by atoms with Gasteiger partial charge >= 0.3 is 5.97 Å². The summed E-state index contributed by atoms with van der Waals surface area (Å²) in [6, 6.07) is 12.0. The number of carbonyl (C=O) groups is 1. The zero-order valence-corrected chi connectivity index (χ0v) is 14.6. The van der Waals surface area contributed by atoms with Gasteiger partial charge in [0.1, 0.15) is 23.3 Å². The van der Waals surface area contributed by atoms with Crippen molar-refractivity contribution in [3.05, 3.63) is 59.0 Å². The van der Waals surface area contributed by atoms with Gasteiger partial charge in [0, 0.05) is 6.07 Å². The van der Waals surface area contributed by atoms with Crippen LogP contribution in [-0.2, 0) is 9.53 Å². The van der Waals surface area contributed by atoms with E-state index in [2.05, 4.69) is 4.74 Å². The Kier molecular flexibility index (Phi) is 4.93. The molecule has 1 aromatic heterocycles. The van der Waals surface area contributed by atoms with Gasteiger partial charge in [0.15, 0.2) is 11.5 Å². The summed E-state index contributed by atoms with van der Waals surface area (Å²) >= 11 is 0. The summed E-state index contributed by atoms with van der Waals surface area (Å²) in [5.41, 5.74) is 1.42. The van der Waals surface area contributed by atoms with Gasteiger partial charge in [-0.25, -0.2) is 4.79 Å².